The van der Waals surface area contributed by atoms with Gasteiger partial charge in [-0.2, -0.15) is 0 Å². The monoisotopic (exact) mass is 590 g/mol. The molecule has 5 rings (SSSR count). The Kier molecular flexibility index (Phi) is 8.48. The van der Waals surface area contributed by atoms with E-state index in [9.17, 15) is 19.1 Å². The molecule has 4 aromatic carbocycles. The van der Waals surface area contributed by atoms with Crippen LogP contribution in [-0.2, 0) is 17.7 Å². The molecule has 0 radical (unpaired) electrons. The number of nitrogens with zero attached hydrogens (tertiary/aromatic N) is 2. The second-order valence-corrected chi connectivity index (χ2v) is 12.2. The largest absolute Gasteiger partial charge is 0.497 e. The number of carbonyl (C=O) groups excluding carboxylic acids is 1. The van der Waals surface area contributed by atoms with E-state index in [4.69, 9.17) is 9.47 Å². The Labute approximate surface area is 241 Å². The van der Waals surface area contributed by atoms with Crippen molar-refractivity contribution in [2.45, 2.75) is 25.2 Å². The molecule has 0 aromatic heterocycles. The lowest BCUT2D eigenvalue weighted by Gasteiger charge is -2.29. The van der Waals surface area contributed by atoms with E-state index < -0.39 is 19.7 Å². The number of benzene rings is 4. The van der Waals surface area contributed by atoms with E-state index in [0.29, 0.717) is 24.4 Å². The molecule has 0 saturated carbocycles. The first-order valence-electron chi connectivity index (χ1n) is 13.0. The van der Waals surface area contributed by atoms with Crippen molar-refractivity contribution in [3.8, 4) is 11.5 Å². The standard InChI is InChI=1S/C31H32N2O6P2/c1-38-25-13-9-21(10-14-25)19-32-29(23-5-3-7-27(40)17-23)30(24-6-4-8-28(18-24)41(35,36)37)33(31(32)34)20-22-11-15-26(39-2)16-12-22/h3-18,29-30H,19-20,40H2,1-2H3,(H2,35,36,37)/t29-,30-/m0/s1. The van der Waals surface area contributed by atoms with Crippen LogP contribution in [0.15, 0.2) is 97.1 Å². The van der Waals surface area contributed by atoms with Crippen LogP contribution < -0.4 is 20.1 Å². The second kappa shape index (κ2) is 12.1. The van der Waals surface area contributed by atoms with Crippen LogP contribution in [-0.4, -0.2) is 39.8 Å². The van der Waals surface area contributed by atoms with Crippen LogP contribution >= 0.6 is 16.8 Å². The molecule has 10 heteroatoms. The molecule has 0 spiro atoms. The fourth-order valence-electron chi connectivity index (χ4n) is 5.29. The first-order valence-corrected chi connectivity index (χ1v) is 15.2. The van der Waals surface area contributed by atoms with Gasteiger partial charge in [0.15, 0.2) is 0 Å². The summed E-state index contributed by atoms with van der Waals surface area (Å²) in [4.78, 5) is 37.9. The van der Waals surface area contributed by atoms with Gasteiger partial charge in [-0.15, -0.1) is 9.24 Å². The number of carbonyl (C=O) groups is 1. The van der Waals surface area contributed by atoms with Crippen LogP contribution in [0.1, 0.15) is 34.3 Å². The summed E-state index contributed by atoms with van der Waals surface area (Å²) in [5.74, 6) is 1.44. The summed E-state index contributed by atoms with van der Waals surface area (Å²) in [6.45, 7) is 0.631. The maximum atomic E-state index is 14.3. The number of rotatable bonds is 9. The topological polar surface area (TPSA) is 99.5 Å². The molecule has 212 valence electrons. The average molecular weight is 591 g/mol. The van der Waals surface area contributed by atoms with E-state index in [-0.39, 0.29) is 11.3 Å². The first-order chi connectivity index (χ1) is 19.7. The third kappa shape index (κ3) is 6.32. The van der Waals surface area contributed by atoms with Crippen molar-refractivity contribution in [2.24, 2.45) is 0 Å². The van der Waals surface area contributed by atoms with Gasteiger partial charge in [-0.3, -0.25) is 4.57 Å². The van der Waals surface area contributed by atoms with E-state index in [1.54, 1.807) is 25.2 Å². The van der Waals surface area contributed by atoms with Crippen LogP contribution in [0.5, 0.6) is 11.5 Å². The number of ether oxygens (including phenoxy) is 2. The lowest BCUT2D eigenvalue weighted by Crippen LogP contribution is -2.32. The van der Waals surface area contributed by atoms with Crippen molar-refractivity contribution in [3.05, 3.63) is 119 Å². The highest BCUT2D eigenvalue weighted by Gasteiger charge is 2.47. The molecule has 2 N–H and O–H groups in total. The van der Waals surface area contributed by atoms with Gasteiger partial charge >= 0.3 is 13.6 Å². The molecular weight excluding hydrogens is 558 g/mol. The van der Waals surface area contributed by atoms with Gasteiger partial charge in [0.25, 0.3) is 0 Å². The number of urea groups is 1. The number of hydrogen-bond donors (Lipinski definition) is 2. The fraction of sp³-hybridized carbons (Fsp3) is 0.194. The molecule has 1 unspecified atom stereocenters. The van der Waals surface area contributed by atoms with Gasteiger partial charge in [-0.25, -0.2) is 4.79 Å². The zero-order chi connectivity index (χ0) is 29.1. The Hall–Kier alpha value is -3.67. The highest BCUT2D eigenvalue weighted by molar-refractivity contribution is 7.60. The van der Waals surface area contributed by atoms with Crippen molar-refractivity contribution in [3.63, 3.8) is 0 Å². The molecule has 1 aliphatic rings. The minimum atomic E-state index is -4.52. The molecule has 1 aliphatic heterocycles. The van der Waals surface area contributed by atoms with Crippen LogP contribution in [0.4, 0.5) is 4.79 Å². The van der Waals surface area contributed by atoms with E-state index in [1.807, 2.05) is 83.8 Å². The number of hydrogen-bond acceptors (Lipinski definition) is 4. The highest BCUT2D eigenvalue weighted by Crippen LogP contribution is 2.47. The van der Waals surface area contributed by atoms with Gasteiger partial charge < -0.3 is 29.1 Å². The van der Waals surface area contributed by atoms with E-state index in [1.165, 1.54) is 12.1 Å². The van der Waals surface area contributed by atoms with Crippen molar-refractivity contribution in [1.29, 1.82) is 0 Å². The van der Waals surface area contributed by atoms with Gasteiger partial charge in [0, 0.05) is 13.1 Å². The summed E-state index contributed by atoms with van der Waals surface area (Å²) in [5, 5.41) is 0.884. The van der Waals surface area contributed by atoms with Crippen LogP contribution in [0.3, 0.4) is 0 Å². The molecule has 1 saturated heterocycles. The maximum absolute atomic E-state index is 14.3. The molecule has 2 amide bonds. The van der Waals surface area contributed by atoms with Gasteiger partial charge in [0.2, 0.25) is 0 Å². The zero-order valence-corrected chi connectivity index (χ0v) is 24.8. The molecule has 8 nitrogen and oxygen atoms in total. The Bertz CT molecular complexity index is 1570. The van der Waals surface area contributed by atoms with Crippen molar-refractivity contribution < 1.29 is 28.6 Å². The minimum Gasteiger partial charge on any atom is -0.497 e. The Balaban J connectivity index is 1.65. The lowest BCUT2D eigenvalue weighted by molar-refractivity contribution is 0.181. The van der Waals surface area contributed by atoms with E-state index >= 15 is 0 Å². The molecule has 0 bridgehead atoms. The molecule has 0 aliphatic carbocycles. The minimum absolute atomic E-state index is 0.0843. The van der Waals surface area contributed by atoms with Crippen molar-refractivity contribution in [2.75, 3.05) is 14.2 Å². The van der Waals surface area contributed by atoms with E-state index in [0.717, 1.165) is 27.7 Å². The van der Waals surface area contributed by atoms with Gasteiger partial charge in [-0.1, -0.05) is 54.6 Å². The third-order valence-electron chi connectivity index (χ3n) is 7.29. The second-order valence-electron chi connectivity index (χ2n) is 9.93. The van der Waals surface area contributed by atoms with Gasteiger partial charge in [0.05, 0.1) is 31.6 Å². The zero-order valence-electron chi connectivity index (χ0n) is 22.8. The normalized spacial score (nSPS) is 17.1. The Morgan fingerprint density at radius 3 is 1.63 bits per heavy atom. The van der Waals surface area contributed by atoms with Crippen LogP contribution in [0.2, 0.25) is 0 Å². The van der Waals surface area contributed by atoms with Gasteiger partial charge in [0.1, 0.15) is 11.5 Å². The summed E-state index contributed by atoms with van der Waals surface area (Å²) in [5.41, 5.74) is 3.40. The molecule has 4 aromatic rings. The molecule has 1 heterocycles. The molecule has 3 atom stereocenters. The van der Waals surface area contributed by atoms with Crippen molar-refractivity contribution >= 4 is 33.5 Å². The predicted molar refractivity (Wildman–Crippen MR) is 162 cm³/mol. The Morgan fingerprint density at radius 1 is 0.732 bits per heavy atom. The highest BCUT2D eigenvalue weighted by atomic mass is 31.2. The SMILES string of the molecule is COc1ccc(CN2C(=O)N(Cc3ccc(OC)cc3)[C@@H](c3cccc(P(=O)(O)O)c3)[C@@H]2c2cccc(P)c2)cc1. The van der Waals surface area contributed by atoms with Crippen LogP contribution in [0, 0.1) is 0 Å². The maximum Gasteiger partial charge on any atom is 0.356 e. The summed E-state index contributed by atoms with van der Waals surface area (Å²) in [7, 11) is 1.40. The summed E-state index contributed by atoms with van der Waals surface area (Å²) in [6, 6.07) is 28.3. The van der Waals surface area contributed by atoms with Crippen molar-refractivity contribution in [1.82, 2.24) is 9.80 Å². The third-order valence-corrected chi connectivity index (χ3v) is 8.60. The average Bonchev–Trinajstić information content (AvgIpc) is 3.24. The first kappa shape index (κ1) is 28.8. The molecule has 1 fully saturated rings. The smallest absolute Gasteiger partial charge is 0.356 e. The molecular formula is C31H32N2O6P2. The molecule has 41 heavy (non-hydrogen) atoms. The quantitative estimate of drug-likeness (QED) is 0.269. The predicted octanol–water partition coefficient (Wildman–Crippen LogP) is 4.93. The summed E-state index contributed by atoms with van der Waals surface area (Å²) >= 11 is 0. The van der Waals surface area contributed by atoms with Gasteiger partial charge in [-0.05, 0) is 70.0 Å². The summed E-state index contributed by atoms with van der Waals surface area (Å²) in [6.07, 6.45) is 0. The lowest BCUT2D eigenvalue weighted by atomic mass is 9.92. The summed E-state index contributed by atoms with van der Waals surface area (Å²) < 4.78 is 22.9. The fourth-order valence-corrected chi connectivity index (χ4v) is 6.19. The number of amides is 2. The number of methoxy groups -OCH3 is 2. The van der Waals surface area contributed by atoms with E-state index in [2.05, 4.69) is 9.24 Å². The Morgan fingerprint density at radius 2 is 1.20 bits per heavy atom. The van der Waals surface area contributed by atoms with Crippen LogP contribution in [0.25, 0.3) is 0 Å².